The fourth-order valence-electron chi connectivity index (χ4n) is 4.29. The monoisotopic (exact) mass is 434 g/mol. The third kappa shape index (κ3) is 3.62. The van der Waals surface area contributed by atoms with Gasteiger partial charge in [-0.3, -0.25) is 9.78 Å². The van der Waals surface area contributed by atoms with Crippen LogP contribution in [0.2, 0.25) is 0 Å². The molecule has 1 aliphatic rings. The van der Waals surface area contributed by atoms with Gasteiger partial charge in [-0.25, -0.2) is 19.3 Å². The first-order valence-corrected chi connectivity index (χ1v) is 10.5. The third-order valence-electron chi connectivity index (χ3n) is 5.47. The molecule has 5 heterocycles. The van der Waals surface area contributed by atoms with E-state index < -0.39 is 11.7 Å². The van der Waals surface area contributed by atoms with E-state index in [0.717, 1.165) is 13.1 Å². The van der Waals surface area contributed by atoms with Crippen LogP contribution in [0, 0.1) is 12.7 Å². The van der Waals surface area contributed by atoms with Crippen LogP contribution < -0.4 is 15.5 Å². The molecular weight excluding hydrogens is 411 g/mol. The summed E-state index contributed by atoms with van der Waals surface area (Å²) >= 11 is 0. The molecule has 1 fully saturated rings. The molecular formula is C22H23FN8O. The molecule has 0 aliphatic carbocycles. The van der Waals surface area contributed by atoms with Crippen molar-refractivity contribution in [2.75, 3.05) is 23.3 Å². The van der Waals surface area contributed by atoms with Gasteiger partial charge in [0.25, 0.3) is 5.91 Å². The number of halogens is 1. The maximum absolute atomic E-state index is 14.4. The van der Waals surface area contributed by atoms with Crippen molar-refractivity contribution in [2.45, 2.75) is 32.9 Å². The molecule has 10 heteroatoms. The molecule has 4 aromatic heterocycles. The van der Waals surface area contributed by atoms with Gasteiger partial charge in [0.15, 0.2) is 17.3 Å². The van der Waals surface area contributed by atoms with Crippen molar-refractivity contribution < 1.29 is 9.18 Å². The molecule has 0 spiro atoms. The molecule has 0 bridgehead atoms. The molecule has 0 radical (unpaired) electrons. The highest BCUT2D eigenvalue weighted by Crippen LogP contribution is 2.26. The van der Waals surface area contributed by atoms with Crippen molar-refractivity contribution in [2.24, 2.45) is 0 Å². The lowest BCUT2D eigenvalue weighted by Gasteiger charge is -2.37. The molecule has 0 aromatic carbocycles. The molecule has 32 heavy (non-hydrogen) atoms. The maximum Gasteiger partial charge on any atom is 0.259 e. The number of amides is 1. The lowest BCUT2D eigenvalue weighted by Crippen LogP contribution is -2.54. The number of carbonyl (C=O) groups is 1. The third-order valence-corrected chi connectivity index (χ3v) is 5.47. The zero-order valence-electron chi connectivity index (χ0n) is 18.0. The summed E-state index contributed by atoms with van der Waals surface area (Å²) in [5.41, 5.74) is 2.49. The first-order chi connectivity index (χ1) is 15.4. The summed E-state index contributed by atoms with van der Waals surface area (Å²) in [6.45, 7) is 7.57. The summed E-state index contributed by atoms with van der Waals surface area (Å²) in [6, 6.07) is 1.84. The Hall–Kier alpha value is -3.66. The summed E-state index contributed by atoms with van der Waals surface area (Å²) in [4.78, 5) is 32.8. The van der Waals surface area contributed by atoms with Crippen molar-refractivity contribution in [3.05, 3.63) is 54.1 Å². The van der Waals surface area contributed by atoms with Crippen LogP contribution in [-0.4, -0.2) is 55.4 Å². The van der Waals surface area contributed by atoms with Crippen LogP contribution in [-0.2, 0) is 0 Å². The van der Waals surface area contributed by atoms with Gasteiger partial charge in [0, 0.05) is 62.2 Å². The second-order valence-electron chi connectivity index (χ2n) is 8.27. The van der Waals surface area contributed by atoms with E-state index in [-0.39, 0.29) is 11.2 Å². The minimum atomic E-state index is -0.518. The SMILES string of the molecule is Cc1cn2cc(NC(=O)c3cnc(N4C[C@@H](C)N[C@@H](C)C4)c4nccnc34)cc(F)c2n1. The van der Waals surface area contributed by atoms with E-state index in [1.165, 1.54) is 12.3 Å². The summed E-state index contributed by atoms with van der Waals surface area (Å²) in [7, 11) is 0. The van der Waals surface area contributed by atoms with Gasteiger partial charge in [0.2, 0.25) is 0 Å². The van der Waals surface area contributed by atoms with Gasteiger partial charge in [0.1, 0.15) is 11.0 Å². The highest BCUT2D eigenvalue weighted by molar-refractivity contribution is 6.12. The largest absolute Gasteiger partial charge is 0.352 e. The Morgan fingerprint density at radius 1 is 1.12 bits per heavy atom. The average Bonchev–Trinajstić information content (AvgIpc) is 3.13. The fourth-order valence-corrected chi connectivity index (χ4v) is 4.29. The molecule has 9 nitrogen and oxygen atoms in total. The van der Waals surface area contributed by atoms with Crippen LogP contribution in [0.1, 0.15) is 29.9 Å². The lowest BCUT2D eigenvalue weighted by molar-refractivity contribution is 0.102. The van der Waals surface area contributed by atoms with Crippen molar-refractivity contribution in [1.82, 2.24) is 29.7 Å². The minimum Gasteiger partial charge on any atom is -0.352 e. The average molecular weight is 434 g/mol. The van der Waals surface area contributed by atoms with E-state index in [2.05, 4.69) is 49.3 Å². The second-order valence-corrected chi connectivity index (χ2v) is 8.27. The number of hydrogen-bond acceptors (Lipinski definition) is 7. The molecule has 0 saturated carbocycles. The number of aromatic nitrogens is 5. The van der Waals surface area contributed by atoms with E-state index in [1.54, 1.807) is 36.1 Å². The van der Waals surface area contributed by atoms with Gasteiger partial charge in [-0.15, -0.1) is 0 Å². The molecule has 2 atom stereocenters. The zero-order chi connectivity index (χ0) is 22.4. The van der Waals surface area contributed by atoms with E-state index in [0.29, 0.717) is 40.3 Å². The van der Waals surface area contributed by atoms with E-state index in [9.17, 15) is 9.18 Å². The van der Waals surface area contributed by atoms with Crippen LogP contribution in [0.5, 0.6) is 0 Å². The number of pyridine rings is 2. The number of aryl methyl sites for hydroxylation is 1. The van der Waals surface area contributed by atoms with Gasteiger partial charge in [-0.05, 0) is 20.8 Å². The number of imidazole rings is 1. The van der Waals surface area contributed by atoms with Crippen LogP contribution in [0.3, 0.4) is 0 Å². The van der Waals surface area contributed by atoms with E-state index >= 15 is 0 Å². The van der Waals surface area contributed by atoms with Gasteiger partial charge in [-0.2, -0.15) is 0 Å². The highest BCUT2D eigenvalue weighted by Gasteiger charge is 2.25. The molecule has 2 N–H and O–H groups in total. The van der Waals surface area contributed by atoms with Crippen LogP contribution in [0.15, 0.2) is 37.1 Å². The molecule has 164 valence electrons. The van der Waals surface area contributed by atoms with Gasteiger partial charge >= 0.3 is 0 Å². The Balaban J connectivity index is 1.50. The highest BCUT2D eigenvalue weighted by atomic mass is 19.1. The van der Waals surface area contributed by atoms with E-state index in [1.807, 2.05) is 0 Å². The predicted molar refractivity (Wildman–Crippen MR) is 119 cm³/mol. The van der Waals surface area contributed by atoms with Crippen molar-refractivity contribution >= 4 is 34.1 Å². The number of hydrogen-bond donors (Lipinski definition) is 2. The quantitative estimate of drug-likeness (QED) is 0.511. The number of rotatable bonds is 3. The summed E-state index contributed by atoms with van der Waals surface area (Å²) in [6.07, 6.45) is 7.96. The fraction of sp³-hybridized carbons (Fsp3) is 0.318. The first kappa shape index (κ1) is 20.3. The molecule has 1 saturated heterocycles. The Morgan fingerprint density at radius 3 is 2.59 bits per heavy atom. The molecule has 0 unspecified atom stereocenters. The lowest BCUT2D eigenvalue weighted by atomic mass is 10.1. The summed E-state index contributed by atoms with van der Waals surface area (Å²) < 4.78 is 16.0. The number of fused-ring (bicyclic) bond motifs is 2. The van der Waals surface area contributed by atoms with Crippen molar-refractivity contribution in [3.63, 3.8) is 0 Å². The van der Waals surface area contributed by atoms with Crippen LogP contribution in [0.4, 0.5) is 15.9 Å². The predicted octanol–water partition coefficient (Wildman–Crippen LogP) is 2.56. The normalized spacial score (nSPS) is 18.9. The number of nitrogens with one attached hydrogen (secondary N) is 2. The standard InChI is InChI=1S/C22H23FN8O/c1-12-8-30(9-13(2)27-12)21-19-18(24-4-5-25-19)16(7-26-21)22(32)29-15-6-17(23)20-28-14(3)10-31(20)11-15/h4-7,10-13,27H,8-9H2,1-3H3,(H,29,32)/t12-,13+. The Labute approximate surface area is 183 Å². The Morgan fingerprint density at radius 2 is 1.84 bits per heavy atom. The van der Waals surface area contributed by atoms with Gasteiger partial charge in [-0.1, -0.05) is 0 Å². The van der Waals surface area contributed by atoms with Crippen molar-refractivity contribution in [1.29, 1.82) is 0 Å². The van der Waals surface area contributed by atoms with E-state index in [4.69, 9.17) is 0 Å². The topological polar surface area (TPSA) is 100 Å². The Kier molecular flexibility index (Phi) is 4.93. The van der Waals surface area contributed by atoms with Crippen LogP contribution in [0.25, 0.3) is 16.7 Å². The molecule has 5 rings (SSSR count). The molecule has 4 aromatic rings. The molecule has 1 amide bonds. The minimum absolute atomic E-state index is 0.210. The van der Waals surface area contributed by atoms with Crippen molar-refractivity contribution in [3.8, 4) is 0 Å². The summed E-state index contributed by atoms with van der Waals surface area (Å²) in [5, 5.41) is 6.24. The number of carbonyl (C=O) groups excluding carboxylic acids is 1. The summed E-state index contributed by atoms with van der Waals surface area (Å²) in [5.74, 6) is -0.255. The smallest absolute Gasteiger partial charge is 0.259 e. The first-order valence-electron chi connectivity index (χ1n) is 10.5. The number of nitrogens with zero attached hydrogens (tertiary/aromatic N) is 6. The maximum atomic E-state index is 14.4. The van der Waals surface area contributed by atoms with Crippen LogP contribution >= 0.6 is 0 Å². The number of piperazine rings is 1. The molecule has 1 aliphatic heterocycles. The second kappa shape index (κ2) is 7.79. The van der Waals surface area contributed by atoms with Gasteiger partial charge < -0.3 is 19.9 Å². The Bertz CT molecular complexity index is 1330. The zero-order valence-corrected chi connectivity index (χ0v) is 18.0. The van der Waals surface area contributed by atoms with Gasteiger partial charge in [0.05, 0.1) is 16.9 Å². The number of anilines is 2.